The molecule has 3 rings (SSSR count). The summed E-state index contributed by atoms with van der Waals surface area (Å²) in [6, 6.07) is 3.81. The lowest BCUT2D eigenvalue weighted by molar-refractivity contribution is -0.139. The molecule has 1 spiro atoms. The second-order valence-corrected chi connectivity index (χ2v) is 7.01. The third-order valence-corrected chi connectivity index (χ3v) is 5.39. The Morgan fingerprint density at radius 1 is 1.04 bits per heavy atom. The number of hydrogen-bond acceptors (Lipinski definition) is 4. The number of ether oxygens (including phenoxy) is 2. The van der Waals surface area contributed by atoms with E-state index in [2.05, 4.69) is 0 Å². The second-order valence-electron chi connectivity index (χ2n) is 7.01. The Morgan fingerprint density at radius 2 is 1.57 bits per heavy atom. The normalized spacial score (nSPS) is 21.7. The average Bonchev–Trinajstić information content (AvgIpc) is 2.49. The molecule has 0 unspecified atom stereocenters. The lowest BCUT2D eigenvalue weighted by Crippen LogP contribution is -2.42. The molecule has 2 aliphatic rings. The van der Waals surface area contributed by atoms with Crippen LogP contribution in [0.4, 0.5) is 0 Å². The fourth-order valence-corrected chi connectivity index (χ4v) is 4.17. The van der Waals surface area contributed by atoms with Crippen LogP contribution in [0.3, 0.4) is 0 Å². The van der Waals surface area contributed by atoms with Gasteiger partial charge in [-0.1, -0.05) is 0 Å². The highest BCUT2D eigenvalue weighted by molar-refractivity contribution is 6.10. The molecule has 1 aliphatic carbocycles. The summed E-state index contributed by atoms with van der Waals surface area (Å²) in [4.78, 5) is 25.7. The van der Waals surface area contributed by atoms with E-state index < -0.39 is 5.92 Å². The lowest BCUT2D eigenvalue weighted by atomic mass is 9.63. The minimum absolute atomic E-state index is 0.0690. The van der Waals surface area contributed by atoms with Crippen LogP contribution in [0.25, 0.3) is 0 Å². The van der Waals surface area contributed by atoms with E-state index in [0.717, 1.165) is 35.3 Å². The summed E-state index contributed by atoms with van der Waals surface area (Å²) in [6.45, 7) is 5.21. The first-order valence-corrected chi connectivity index (χ1v) is 8.24. The largest absolute Gasteiger partial charge is 0.497 e. The Bertz CT molecular complexity index is 598. The van der Waals surface area contributed by atoms with Gasteiger partial charge in [-0.2, -0.15) is 0 Å². The predicted molar refractivity (Wildman–Crippen MR) is 86.9 cm³/mol. The molecule has 0 aromatic heterocycles. The molecule has 4 heteroatoms. The van der Waals surface area contributed by atoms with Gasteiger partial charge in [-0.05, 0) is 60.9 Å². The quantitative estimate of drug-likeness (QED) is 0.787. The van der Waals surface area contributed by atoms with E-state index in [9.17, 15) is 9.59 Å². The molecule has 124 valence electrons. The van der Waals surface area contributed by atoms with Crippen molar-refractivity contribution in [2.45, 2.75) is 45.4 Å². The van der Waals surface area contributed by atoms with E-state index in [1.165, 1.54) is 0 Å². The fourth-order valence-electron chi connectivity index (χ4n) is 4.17. The highest BCUT2D eigenvalue weighted by Crippen LogP contribution is 2.46. The van der Waals surface area contributed by atoms with Crippen LogP contribution in [0.15, 0.2) is 12.1 Å². The first kappa shape index (κ1) is 16.2. The van der Waals surface area contributed by atoms with Crippen LogP contribution >= 0.6 is 0 Å². The summed E-state index contributed by atoms with van der Waals surface area (Å²) in [7, 11) is 1.62. The molecule has 0 N–H and O–H groups in total. The smallest absolute Gasteiger partial charge is 0.148 e. The molecule has 1 aromatic carbocycles. The number of methoxy groups -OCH3 is 1. The molecular weight excluding hydrogens is 292 g/mol. The van der Waals surface area contributed by atoms with Gasteiger partial charge in [0.15, 0.2) is 0 Å². The maximum absolute atomic E-state index is 12.8. The highest BCUT2D eigenvalue weighted by atomic mass is 16.5. The summed E-state index contributed by atoms with van der Waals surface area (Å²) in [6.07, 6.45) is 2.63. The van der Waals surface area contributed by atoms with Crippen molar-refractivity contribution in [1.82, 2.24) is 0 Å². The van der Waals surface area contributed by atoms with Crippen LogP contribution in [0.2, 0.25) is 0 Å². The molecule has 23 heavy (non-hydrogen) atoms. The van der Waals surface area contributed by atoms with Gasteiger partial charge in [-0.15, -0.1) is 0 Å². The van der Waals surface area contributed by atoms with Crippen LogP contribution in [0.5, 0.6) is 5.75 Å². The van der Waals surface area contributed by atoms with Gasteiger partial charge in [0.2, 0.25) is 0 Å². The van der Waals surface area contributed by atoms with Crippen LogP contribution in [0, 0.1) is 19.3 Å². The number of aryl methyl sites for hydroxylation is 2. The van der Waals surface area contributed by atoms with E-state index in [-0.39, 0.29) is 17.0 Å². The van der Waals surface area contributed by atoms with Crippen molar-refractivity contribution in [3.8, 4) is 5.75 Å². The lowest BCUT2D eigenvalue weighted by Gasteiger charge is -2.41. The monoisotopic (exact) mass is 316 g/mol. The Kier molecular flexibility index (Phi) is 4.28. The maximum Gasteiger partial charge on any atom is 0.148 e. The average molecular weight is 316 g/mol. The molecule has 1 aromatic rings. The molecule has 1 aliphatic heterocycles. The standard InChI is InChI=1S/C19H24O4/c1-12-8-14(22-3)9-13(2)17(12)18-15(20)10-19(11-16(18)21)4-6-23-7-5-19/h8-9,18H,4-7,10-11H2,1-3H3. The Morgan fingerprint density at radius 3 is 2.04 bits per heavy atom. The van der Waals surface area contributed by atoms with E-state index in [4.69, 9.17) is 9.47 Å². The summed E-state index contributed by atoms with van der Waals surface area (Å²) in [5.74, 6) is 0.300. The van der Waals surface area contributed by atoms with Gasteiger partial charge in [0.1, 0.15) is 23.2 Å². The van der Waals surface area contributed by atoms with Gasteiger partial charge in [0, 0.05) is 26.1 Å². The topological polar surface area (TPSA) is 52.6 Å². The van der Waals surface area contributed by atoms with Crippen molar-refractivity contribution in [3.63, 3.8) is 0 Å². The summed E-state index contributed by atoms with van der Waals surface area (Å²) in [5.41, 5.74) is 2.63. The maximum atomic E-state index is 12.8. The Labute approximate surface area is 137 Å². The first-order valence-electron chi connectivity index (χ1n) is 8.24. The molecule has 4 nitrogen and oxygen atoms in total. The van der Waals surface area contributed by atoms with E-state index in [0.29, 0.717) is 26.1 Å². The van der Waals surface area contributed by atoms with Gasteiger partial charge in [-0.25, -0.2) is 0 Å². The summed E-state index contributed by atoms with van der Waals surface area (Å²) in [5, 5.41) is 0. The molecule has 0 bridgehead atoms. The molecule has 0 radical (unpaired) electrons. The number of benzene rings is 1. The van der Waals surface area contributed by atoms with E-state index in [1.54, 1.807) is 7.11 Å². The minimum Gasteiger partial charge on any atom is -0.497 e. The number of carbonyl (C=O) groups excluding carboxylic acids is 2. The fraction of sp³-hybridized carbons (Fsp3) is 0.579. The number of hydrogen-bond donors (Lipinski definition) is 0. The van der Waals surface area contributed by atoms with Crippen LogP contribution in [0.1, 0.15) is 48.3 Å². The zero-order valence-corrected chi connectivity index (χ0v) is 14.1. The zero-order valence-electron chi connectivity index (χ0n) is 14.1. The van der Waals surface area contributed by atoms with Crippen LogP contribution in [-0.4, -0.2) is 31.9 Å². The third-order valence-electron chi connectivity index (χ3n) is 5.39. The van der Waals surface area contributed by atoms with Crippen molar-refractivity contribution in [2.75, 3.05) is 20.3 Å². The van der Waals surface area contributed by atoms with Crippen LogP contribution < -0.4 is 4.74 Å². The van der Waals surface area contributed by atoms with E-state index in [1.807, 2.05) is 26.0 Å². The first-order chi connectivity index (χ1) is 11.0. The minimum atomic E-state index is -0.602. The van der Waals surface area contributed by atoms with Crippen molar-refractivity contribution in [1.29, 1.82) is 0 Å². The number of carbonyl (C=O) groups is 2. The Hall–Kier alpha value is -1.68. The summed E-state index contributed by atoms with van der Waals surface area (Å²) >= 11 is 0. The van der Waals surface area contributed by atoms with Crippen molar-refractivity contribution < 1.29 is 19.1 Å². The zero-order chi connectivity index (χ0) is 16.6. The van der Waals surface area contributed by atoms with Gasteiger partial charge < -0.3 is 9.47 Å². The number of rotatable bonds is 2. The Balaban J connectivity index is 1.93. The molecule has 1 saturated carbocycles. The molecule has 0 atom stereocenters. The molecule has 1 heterocycles. The predicted octanol–water partition coefficient (Wildman–Crippen LogP) is 3.12. The van der Waals surface area contributed by atoms with Gasteiger partial charge in [0.05, 0.1) is 7.11 Å². The van der Waals surface area contributed by atoms with Crippen molar-refractivity contribution in [3.05, 3.63) is 28.8 Å². The molecular formula is C19H24O4. The highest BCUT2D eigenvalue weighted by Gasteiger charge is 2.46. The third kappa shape index (κ3) is 2.92. The molecule has 1 saturated heterocycles. The number of ketones is 2. The molecule has 2 fully saturated rings. The second kappa shape index (κ2) is 6.08. The molecule has 0 amide bonds. The van der Waals surface area contributed by atoms with Crippen molar-refractivity contribution in [2.24, 2.45) is 5.41 Å². The summed E-state index contributed by atoms with van der Waals surface area (Å²) < 4.78 is 10.7. The van der Waals surface area contributed by atoms with E-state index >= 15 is 0 Å². The van der Waals surface area contributed by atoms with Crippen LogP contribution in [-0.2, 0) is 14.3 Å². The SMILES string of the molecule is COc1cc(C)c(C2C(=O)CC3(CCOCC3)CC2=O)c(C)c1. The number of Topliss-reactive ketones (excluding diaryl/α,β-unsaturated/α-hetero) is 2. The van der Waals surface area contributed by atoms with Gasteiger partial charge in [-0.3, -0.25) is 9.59 Å². The van der Waals surface area contributed by atoms with Gasteiger partial charge in [0.25, 0.3) is 0 Å². The van der Waals surface area contributed by atoms with Gasteiger partial charge >= 0.3 is 0 Å². The van der Waals surface area contributed by atoms with Crippen molar-refractivity contribution >= 4 is 11.6 Å².